The van der Waals surface area contributed by atoms with E-state index in [1.807, 2.05) is 29.8 Å². The van der Waals surface area contributed by atoms with Crippen molar-refractivity contribution in [3.05, 3.63) is 45.9 Å². The van der Waals surface area contributed by atoms with Crippen molar-refractivity contribution in [2.75, 3.05) is 7.11 Å². The second-order valence-electron chi connectivity index (χ2n) is 5.65. The van der Waals surface area contributed by atoms with Crippen LogP contribution in [0.2, 0.25) is 5.02 Å². The highest BCUT2D eigenvalue weighted by atomic mass is 79.9. The van der Waals surface area contributed by atoms with Gasteiger partial charge in [0.2, 0.25) is 0 Å². The minimum absolute atomic E-state index is 0.00136. The van der Waals surface area contributed by atoms with Crippen molar-refractivity contribution in [3.63, 3.8) is 0 Å². The number of fused-ring (bicyclic) bond motifs is 3. The normalized spacial score (nSPS) is 15.4. The quantitative estimate of drug-likeness (QED) is 0.611. The van der Waals surface area contributed by atoms with Crippen molar-refractivity contribution in [3.8, 4) is 22.8 Å². The van der Waals surface area contributed by atoms with Crippen LogP contribution in [-0.4, -0.2) is 33.1 Å². The van der Waals surface area contributed by atoms with E-state index in [1.54, 1.807) is 25.6 Å². The summed E-state index contributed by atoms with van der Waals surface area (Å²) in [6.07, 6.45) is 5.33. The first-order valence-corrected chi connectivity index (χ1v) is 8.74. The minimum Gasteiger partial charge on any atom is -0.495 e. The van der Waals surface area contributed by atoms with Crippen LogP contribution in [0.15, 0.2) is 40.1 Å². The first kappa shape index (κ1) is 16.2. The molecule has 1 aliphatic rings. The van der Waals surface area contributed by atoms with Gasteiger partial charge in [-0.05, 0) is 28.1 Å². The lowest BCUT2D eigenvalue weighted by Crippen LogP contribution is -2.06. The Hall–Kier alpha value is -2.25. The number of methoxy groups -OCH3 is 1. The maximum Gasteiger partial charge on any atom is 0.170 e. The first-order chi connectivity index (χ1) is 12.1. The second kappa shape index (κ2) is 6.24. The molecule has 0 radical (unpaired) electrons. The van der Waals surface area contributed by atoms with Crippen LogP contribution in [0.4, 0.5) is 5.69 Å². The van der Waals surface area contributed by atoms with Crippen molar-refractivity contribution in [2.24, 2.45) is 4.99 Å². The maximum absolute atomic E-state index is 6.27. The van der Waals surface area contributed by atoms with Crippen LogP contribution in [0.3, 0.4) is 0 Å². The molecule has 8 heteroatoms. The van der Waals surface area contributed by atoms with Gasteiger partial charge in [-0.25, -0.2) is 0 Å². The third-order valence-electron chi connectivity index (χ3n) is 3.99. The van der Waals surface area contributed by atoms with E-state index in [1.165, 1.54) is 0 Å². The van der Waals surface area contributed by atoms with Crippen molar-refractivity contribution >= 4 is 39.4 Å². The number of benzene rings is 1. The van der Waals surface area contributed by atoms with Crippen molar-refractivity contribution in [1.82, 2.24) is 19.7 Å². The van der Waals surface area contributed by atoms with Gasteiger partial charge in [0, 0.05) is 34.7 Å². The van der Waals surface area contributed by atoms with E-state index < -0.39 is 0 Å². The molecule has 0 bridgehead atoms. The first-order valence-electron chi connectivity index (χ1n) is 7.57. The van der Waals surface area contributed by atoms with Crippen molar-refractivity contribution in [2.45, 2.75) is 12.8 Å². The van der Waals surface area contributed by atoms with Crippen LogP contribution < -0.4 is 4.74 Å². The molecule has 3 heterocycles. The fourth-order valence-electron chi connectivity index (χ4n) is 2.78. The molecular formula is C17H13BrClN5O. The average Bonchev–Trinajstić information content (AvgIpc) is 2.99. The van der Waals surface area contributed by atoms with Crippen LogP contribution in [0.1, 0.15) is 18.7 Å². The molecule has 0 spiro atoms. The third-order valence-corrected chi connectivity index (χ3v) is 4.71. The fraction of sp³-hybridized carbons (Fsp3) is 0.176. The number of hydrogen-bond acceptors (Lipinski definition) is 5. The summed E-state index contributed by atoms with van der Waals surface area (Å²) in [6, 6.07) is 5.60. The van der Waals surface area contributed by atoms with Gasteiger partial charge < -0.3 is 4.74 Å². The zero-order valence-electron chi connectivity index (χ0n) is 13.4. The molecule has 0 saturated carbocycles. The molecule has 0 fully saturated rings. The van der Waals surface area contributed by atoms with Crippen LogP contribution in [0.5, 0.6) is 5.75 Å². The minimum atomic E-state index is -0.00136. The number of aromatic nitrogens is 4. The Bertz CT molecular complexity index is 1000. The molecule has 1 aromatic carbocycles. The predicted octanol–water partition coefficient (Wildman–Crippen LogP) is 4.57. The van der Waals surface area contributed by atoms with Gasteiger partial charge in [0.15, 0.2) is 5.82 Å². The van der Waals surface area contributed by atoms with Crippen molar-refractivity contribution in [1.29, 1.82) is 0 Å². The molecule has 1 unspecified atom stereocenters. The Balaban J connectivity index is 2.02. The topological polar surface area (TPSA) is 65.2 Å². The van der Waals surface area contributed by atoms with E-state index in [4.69, 9.17) is 16.3 Å². The molecule has 0 N–H and O–H groups in total. The van der Waals surface area contributed by atoms with Gasteiger partial charge in [0.25, 0.3) is 0 Å². The molecule has 1 aliphatic heterocycles. The van der Waals surface area contributed by atoms with Crippen molar-refractivity contribution < 1.29 is 4.74 Å². The Kier molecular flexibility index (Phi) is 4.05. The summed E-state index contributed by atoms with van der Waals surface area (Å²) in [4.78, 5) is 8.80. The monoisotopic (exact) mass is 417 g/mol. The lowest BCUT2D eigenvalue weighted by Gasteiger charge is -2.14. The van der Waals surface area contributed by atoms with E-state index in [9.17, 15) is 0 Å². The Morgan fingerprint density at radius 3 is 2.80 bits per heavy atom. The van der Waals surface area contributed by atoms with Crippen LogP contribution >= 0.6 is 27.5 Å². The summed E-state index contributed by atoms with van der Waals surface area (Å²) in [5, 5.41) is 9.29. The lowest BCUT2D eigenvalue weighted by molar-refractivity contribution is 0.415. The lowest BCUT2D eigenvalue weighted by atomic mass is 10.2. The van der Waals surface area contributed by atoms with Gasteiger partial charge in [0.1, 0.15) is 11.6 Å². The highest BCUT2D eigenvalue weighted by molar-refractivity contribution is 9.10. The van der Waals surface area contributed by atoms with E-state index in [0.29, 0.717) is 16.6 Å². The van der Waals surface area contributed by atoms with Gasteiger partial charge >= 0.3 is 0 Å². The second-order valence-corrected chi connectivity index (χ2v) is 6.97. The molecule has 0 aliphatic carbocycles. The zero-order chi connectivity index (χ0) is 17.6. The van der Waals surface area contributed by atoms with Gasteiger partial charge in [-0.2, -0.15) is 0 Å². The summed E-state index contributed by atoms with van der Waals surface area (Å²) >= 11 is 9.73. The van der Waals surface area contributed by atoms with Gasteiger partial charge in [-0.3, -0.25) is 14.5 Å². The molecular weight excluding hydrogens is 406 g/mol. The SMILES string of the molecule is COc1cc2c(cc1Cl)N=CC(C)c1nnc(-c3cncc(Br)c3)n1-2. The van der Waals surface area contributed by atoms with E-state index >= 15 is 0 Å². The van der Waals surface area contributed by atoms with E-state index in [2.05, 4.69) is 36.1 Å². The molecule has 126 valence electrons. The van der Waals surface area contributed by atoms with Crippen LogP contribution in [0, 0.1) is 0 Å². The van der Waals surface area contributed by atoms with Gasteiger partial charge in [-0.15, -0.1) is 10.2 Å². The summed E-state index contributed by atoms with van der Waals surface area (Å²) < 4.78 is 8.23. The number of pyridine rings is 1. The molecule has 3 aromatic rings. The standard InChI is InChI=1S/C17H13BrClN5O/c1-9-6-21-13-4-12(19)15(25-2)5-14(13)24-16(9)22-23-17(24)10-3-11(18)8-20-7-10/h3-9H,1-2H3. The fourth-order valence-corrected chi connectivity index (χ4v) is 3.38. The molecule has 2 aromatic heterocycles. The summed E-state index contributed by atoms with van der Waals surface area (Å²) in [7, 11) is 1.59. The van der Waals surface area contributed by atoms with Gasteiger partial charge in [0.05, 0.1) is 29.4 Å². The summed E-state index contributed by atoms with van der Waals surface area (Å²) in [6.45, 7) is 2.03. The number of aliphatic imine (C=N–C) groups is 1. The Morgan fingerprint density at radius 2 is 2.04 bits per heavy atom. The summed E-state index contributed by atoms with van der Waals surface area (Å²) in [5.41, 5.74) is 2.40. The van der Waals surface area contributed by atoms with E-state index in [-0.39, 0.29) is 5.92 Å². The molecule has 1 atom stereocenters. The number of halogens is 2. The number of nitrogens with zero attached hydrogens (tertiary/aromatic N) is 5. The number of hydrogen-bond donors (Lipinski definition) is 0. The highest BCUT2D eigenvalue weighted by Gasteiger charge is 2.25. The molecule has 4 rings (SSSR count). The average molecular weight is 419 g/mol. The van der Waals surface area contributed by atoms with Crippen LogP contribution in [-0.2, 0) is 0 Å². The smallest absolute Gasteiger partial charge is 0.170 e. The third kappa shape index (κ3) is 2.73. The Morgan fingerprint density at radius 1 is 1.20 bits per heavy atom. The Labute approximate surface area is 157 Å². The molecule has 25 heavy (non-hydrogen) atoms. The molecule has 0 saturated heterocycles. The highest BCUT2D eigenvalue weighted by Crippen LogP contribution is 2.39. The number of rotatable bonds is 2. The maximum atomic E-state index is 6.27. The predicted molar refractivity (Wildman–Crippen MR) is 100 cm³/mol. The molecule has 6 nitrogen and oxygen atoms in total. The van der Waals surface area contributed by atoms with Gasteiger partial charge in [-0.1, -0.05) is 18.5 Å². The largest absolute Gasteiger partial charge is 0.495 e. The van der Waals surface area contributed by atoms with E-state index in [0.717, 1.165) is 27.2 Å². The van der Waals surface area contributed by atoms with Crippen LogP contribution in [0.25, 0.3) is 17.1 Å². The zero-order valence-corrected chi connectivity index (χ0v) is 15.8. The number of ether oxygens (including phenoxy) is 1. The molecule has 0 amide bonds. The summed E-state index contributed by atoms with van der Waals surface area (Å²) in [5.74, 6) is 2.05.